The minimum Gasteiger partial charge on any atom is -0.486 e. The monoisotopic (exact) mass is 349 g/mol. The van der Waals surface area contributed by atoms with Gasteiger partial charge in [0.15, 0.2) is 11.5 Å². The van der Waals surface area contributed by atoms with Crippen molar-refractivity contribution >= 4 is 11.5 Å². The maximum absolute atomic E-state index is 11.4. The first-order chi connectivity index (χ1) is 12.6. The lowest BCUT2D eigenvalue weighted by Crippen LogP contribution is -2.15. The molecule has 1 aliphatic carbocycles. The average molecular weight is 349 g/mol. The van der Waals surface area contributed by atoms with Crippen LogP contribution in [0.3, 0.4) is 0 Å². The lowest BCUT2D eigenvalue weighted by molar-refractivity contribution is -0.114. The summed E-state index contributed by atoms with van der Waals surface area (Å²) < 4.78 is 11.3. The number of nitrogens with zero attached hydrogens (tertiary/aromatic N) is 1. The molecule has 0 spiro atoms. The molecule has 1 aromatic heterocycles. The second-order valence-electron chi connectivity index (χ2n) is 6.21. The fourth-order valence-electron chi connectivity index (χ4n) is 3.17. The van der Waals surface area contributed by atoms with Crippen molar-refractivity contribution in [3.05, 3.63) is 59.5 Å². The molecule has 0 unspecified atom stereocenters. The molecule has 4 rings (SSSR count). The number of hydrogen-bond acceptors (Lipinski definition) is 4. The summed E-state index contributed by atoms with van der Waals surface area (Å²) in [5.74, 6) is 1.09. The molecule has 6 nitrogen and oxygen atoms in total. The van der Waals surface area contributed by atoms with Crippen molar-refractivity contribution in [2.45, 2.75) is 13.3 Å². The van der Waals surface area contributed by atoms with Crippen molar-refractivity contribution in [3.8, 4) is 22.6 Å². The summed E-state index contributed by atoms with van der Waals surface area (Å²) in [4.78, 5) is 11.4. The van der Waals surface area contributed by atoms with Gasteiger partial charge in [-0.2, -0.15) is 5.10 Å². The Morgan fingerprint density at radius 1 is 1.23 bits per heavy atom. The number of aromatic amines is 1. The molecular formula is C20H19N3O3. The smallest absolute Gasteiger partial charge is 0.244 e. The summed E-state index contributed by atoms with van der Waals surface area (Å²) in [6.07, 6.45) is 7.96. The summed E-state index contributed by atoms with van der Waals surface area (Å²) in [5.41, 5.74) is 10.7. The second kappa shape index (κ2) is 6.55. The van der Waals surface area contributed by atoms with Crippen LogP contribution in [0, 0.1) is 6.92 Å². The molecule has 0 saturated heterocycles. The van der Waals surface area contributed by atoms with Gasteiger partial charge in [-0.25, -0.2) is 0 Å². The Labute approximate surface area is 151 Å². The third-order valence-corrected chi connectivity index (χ3v) is 4.48. The van der Waals surface area contributed by atoms with Gasteiger partial charge < -0.3 is 15.2 Å². The normalized spacial score (nSPS) is 15.9. The first-order valence-corrected chi connectivity index (χ1v) is 8.46. The number of benzene rings is 1. The molecule has 3 N–H and O–H groups in total. The Morgan fingerprint density at radius 2 is 2.04 bits per heavy atom. The highest BCUT2D eigenvalue weighted by molar-refractivity contribution is 5.94. The van der Waals surface area contributed by atoms with E-state index in [0.29, 0.717) is 25.2 Å². The van der Waals surface area contributed by atoms with E-state index in [1.807, 2.05) is 43.4 Å². The van der Waals surface area contributed by atoms with E-state index in [-0.39, 0.29) is 0 Å². The van der Waals surface area contributed by atoms with Crippen molar-refractivity contribution < 1.29 is 14.3 Å². The highest BCUT2D eigenvalue weighted by atomic mass is 16.6. The van der Waals surface area contributed by atoms with Gasteiger partial charge in [-0.15, -0.1) is 0 Å². The molecule has 6 heteroatoms. The summed E-state index contributed by atoms with van der Waals surface area (Å²) >= 11 is 0. The number of carbonyl (C=O) groups excluding carboxylic acids is 1. The number of hydrogen-bond donors (Lipinski definition) is 2. The van der Waals surface area contributed by atoms with Crippen LogP contribution in [-0.2, 0) is 4.79 Å². The summed E-state index contributed by atoms with van der Waals surface area (Å²) in [6, 6.07) is 5.90. The molecule has 0 bridgehead atoms. The first kappa shape index (κ1) is 16.2. The van der Waals surface area contributed by atoms with E-state index in [1.165, 1.54) is 0 Å². The molecule has 1 aliphatic heterocycles. The lowest BCUT2D eigenvalue weighted by atomic mass is 9.98. The lowest BCUT2D eigenvalue weighted by Gasteiger charge is -2.19. The molecule has 0 atom stereocenters. The molecule has 0 radical (unpaired) electrons. The Morgan fingerprint density at radius 3 is 2.85 bits per heavy atom. The maximum Gasteiger partial charge on any atom is 0.244 e. The predicted molar refractivity (Wildman–Crippen MR) is 98.8 cm³/mol. The summed E-state index contributed by atoms with van der Waals surface area (Å²) in [6.45, 7) is 3.09. The van der Waals surface area contributed by atoms with Crippen LogP contribution < -0.4 is 15.2 Å². The fraction of sp³-hybridized carbons (Fsp3) is 0.200. The molecule has 1 aromatic carbocycles. The number of aromatic nitrogens is 2. The molecule has 2 aliphatic rings. The fourth-order valence-corrected chi connectivity index (χ4v) is 3.17. The van der Waals surface area contributed by atoms with Crippen molar-refractivity contribution in [1.82, 2.24) is 10.2 Å². The molecule has 26 heavy (non-hydrogen) atoms. The van der Waals surface area contributed by atoms with Gasteiger partial charge in [-0.1, -0.05) is 30.4 Å². The Bertz CT molecular complexity index is 967. The quantitative estimate of drug-likeness (QED) is 0.891. The van der Waals surface area contributed by atoms with Crippen LogP contribution in [0.25, 0.3) is 16.7 Å². The SMILES string of the molecule is Cc1[nH]nc(C2=CCC(C(N)=O)=CC=C2)c1-c1ccc2c(c1)OCCO2. The van der Waals surface area contributed by atoms with E-state index >= 15 is 0 Å². The first-order valence-electron chi connectivity index (χ1n) is 8.46. The minimum atomic E-state index is -0.405. The molecular weight excluding hydrogens is 330 g/mol. The number of allylic oxidation sites excluding steroid dienone is 5. The van der Waals surface area contributed by atoms with Crippen LogP contribution in [-0.4, -0.2) is 29.3 Å². The van der Waals surface area contributed by atoms with E-state index < -0.39 is 5.91 Å². The summed E-state index contributed by atoms with van der Waals surface area (Å²) in [5, 5.41) is 7.55. The number of H-pyrrole nitrogens is 1. The number of primary amides is 1. The number of rotatable bonds is 3. The predicted octanol–water partition coefficient (Wildman–Crippen LogP) is 2.91. The van der Waals surface area contributed by atoms with Gasteiger partial charge in [0, 0.05) is 16.8 Å². The number of aryl methyl sites for hydroxylation is 1. The second-order valence-corrected chi connectivity index (χ2v) is 6.21. The molecule has 1 amide bonds. The molecule has 0 saturated carbocycles. The minimum absolute atomic E-state index is 0.405. The highest BCUT2D eigenvalue weighted by Crippen LogP contribution is 2.38. The van der Waals surface area contributed by atoms with Crippen LogP contribution in [0.5, 0.6) is 11.5 Å². The van der Waals surface area contributed by atoms with Gasteiger partial charge in [0.25, 0.3) is 0 Å². The molecule has 0 fully saturated rings. The van der Waals surface area contributed by atoms with Crippen LogP contribution >= 0.6 is 0 Å². The zero-order chi connectivity index (χ0) is 18.1. The van der Waals surface area contributed by atoms with Crippen molar-refractivity contribution in [1.29, 1.82) is 0 Å². The van der Waals surface area contributed by atoms with Gasteiger partial charge in [0.2, 0.25) is 5.91 Å². The third-order valence-electron chi connectivity index (χ3n) is 4.48. The Balaban J connectivity index is 1.74. The Hall–Kier alpha value is -3.28. The van der Waals surface area contributed by atoms with E-state index in [2.05, 4.69) is 10.2 Å². The zero-order valence-electron chi connectivity index (χ0n) is 14.4. The van der Waals surface area contributed by atoms with E-state index in [0.717, 1.165) is 39.6 Å². The van der Waals surface area contributed by atoms with Gasteiger partial charge in [0.05, 0.1) is 5.69 Å². The molecule has 2 heterocycles. The van der Waals surface area contributed by atoms with Crippen LogP contribution in [0.15, 0.2) is 48.1 Å². The van der Waals surface area contributed by atoms with E-state index in [1.54, 1.807) is 6.08 Å². The van der Waals surface area contributed by atoms with Crippen LogP contribution in [0.4, 0.5) is 0 Å². The Kier molecular flexibility index (Phi) is 4.08. The zero-order valence-corrected chi connectivity index (χ0v) is 14.4. The standard InChI is InChI=1S/C20H19N3O3/c1-12-18(15-7-8-16-17(11-15)26-10-9-25-16)19(23-22-12)13-3-2-4-14(6-5-13)20(21)24/h2-5,7-8,11H,6,9-10H2,1H3,(H2,21,24)(H,22,23). The van der Waals surface area contributed by atoms with Crippen LogP contribution in [0.2, 0.25) is 0 Å². The number of nitrogens with two attached hydrogens (primary N) is 1. The molecule has 2 aromatic rings. The van der Waals surface area contributed by atoms with Gasteiger partial charge in [0.1, 0.15) is 13.2 Å². The van der Waals surface area contributed by atoms with E-state index in [4.69, 9.17) is 15.2 Å². The van der Waals surface area contributed by atoms with Crippen molar-refractivity contribution in [3.63, 3.8) is 0 Å². The largest absolute Gasteiger partial charge is 0.486 e. The number of nitrogens with one attached hydrogen (secondary N) is 1. The van der Waals surface area contributed by atoms with Gasteiger partial charge in [-0.05, 0) is 36.6 Å². The number of carbonyl (C=O) groups is 1. The average Bonchev–Trinajstić information content (AvgIpc) is 2.87. The number of ether oxygens (including phenoxy) is 2. The van der Waals surface area contributed by atoms with Crippen LogP contribution in [0.1, 0.15) is 17.8 Å². The van der Waals surface area contributed by atoms with Crippen molar-refractivity contribution in [2.75, 3.05) is 13.2 Å². The number of fused-ring (bicyclic) bond motifs is 1. The van der Waals surface area contributed by atoms with E-state index in [9.17, 15) is 4.79 Å². The van der Waals surface area contributed by atoms with Gasteiger partial charge in [-0.3, -0.25) is 9.89 Å². The number of amides is 1. The maximum atomic E-state index is 11.4. The van der Waals surface area contributed by atoms with Crippen molar-refractivity contribution in [2.24, 2.45) is 5.73 Å². The topological polar surface area (TPSA) is 90.2 Å². The third kappa shape index (κ3) is 2.90. The molecule has 132 valence electrons. The van der Waals surface area contributed by atoms with Gasteiger partial charge >= 0.3 is 0 Å². The highest BCUT2D eigenvalue weighted by Gasteiger charge is 2.19. The summed E-state index contributed by atoms with van der Waals surface area (Å²) in [7, 11) is 0.